The Hall–Kier alpha value is -1.67. The summed E-state index contributed by atoms with van der Waals surface area (Å²) in [5, 5.41) is 10.1. The first-order valence-corrected chi connectivity index (χ1v) is 9.40. The molecular formula is C15H10INO3S. The van der Waals surface area contributed by atoms with Gasteiger partial charge in [-0.25, -0.2) is 4.79 Å². The molecule has 2 aromatic carbocycles. The number of hydrogen-bond acceptors (Lipinski definition) is 3. The van der Waals surface area contributed by atoms with Crippen molar-refractivity contribution in [2.24, 2.45) is 0 Å². The Balaban J connectivity index is 1.91. The smallest absolute Gasteiger partial charge is 0.335 e. The zero-order valence-electron chi connectivity index (χ0n) is 10.7. The SMILES string of the molecule is O=C(O)c1cccc(Oc2ccc3c(ccn3SI)c2)c1. The number of hydrogen-bond donors (Lipinski definition) is 1. The van der Waals surface area contributed by atoms with Gasteiger partial charge in [-0.2, -0.15) is 0 Å². The van der Waals surface area contributed by atoms with E-state index in [2.05, 4.69) is 25.2 Å². The van der Waals surface area contributed by atoms with Gasteiger partial charge in [-0.15, -0.1) is 0 Å². The zero-order chi connectivity index (χ0) is 14.8. The van der Waals surface area contributed by atoms with Crippen LogP contribution in [0.15, 0.2) is 54.7 Å². The Morgan fingerprint density at radius 3 is 2.71 bits per heavy atom. The van der Waals surface area contributed by atoms with Gasteiger partial charge in [0.15, 0.2) is 0 Å². The quantitative estimate of drug-likeness (QED) is 0.616. The highest BCUT2D eigenvalue weighted by Crippen LogP contribution is 2.30. The molecule has 0 radical (unpaired) electrons. The number of nitrogens with zero attached hydrogens (tertiary/aromatic N) is 1. The van der Waals surface area contributed by atoms with Crippen LogP contribution in [0.4, 0.5) is 0 Å². The third kappa shape index (κ3) is 3.01. The molecule has 6 heteroatoms. The number of halogens is 1. The molecule has 0 bridgehead atoms. The Morgan fingerprint density at radius 1 is 1.14 bits per heavy atom. The Labute approximate surface area is 137 Å². The van der Waals surface area contributed by atoms with Gasteiger partial charge in [-0.05, 0) is 42.5 Å². The summed E-state index contributed by atoms with van der Waals surface area (Å²) < 4.78 is 7.80. The Bertz CT molecular complexity index is 816. The van der Waals surface area contributed by atoms with E-state index in [1.165, 1.54) is 12.1 Å². The fourth-order valence-electron chi connectivity index (χ4n) is 2.05. The molecule has 3 aromatic rings. The molecule has 21 heavy (non-hydrogen) atoms. The van der Waals surface area contributed by atoms with E-state index in [1.54, 1.807) is 21.3 Å². The lowest BCUT2D eigenvalue weighted by molar-refractivity contribution is 0.0696. The number of aromatic carboxylic acids is 1. The number of carbonyl (C=O) groups is 1. The standard InChI is InChI=1S/C15H10INO3S/c16-21-17-7-6-10-8-13(4-5-14(10)17)20-12-3-1-2-11(9-12)15(18)19/h1-9H,(H,18,19). The molecule has 0 fully saturated rings. The van der Waals surface area contributed by atoms with Crippen LogP contribution in [-0.2, 0) is 0 Å². The molecule has 0 spiro atoms. The second kappa shape index (κ2) is 5.98. The van der Waals surface area contributed by atoms with Crippen LogP contribution < -0.4 is 4.74 Å². The fraction of sp³-hybridized carbons (Fsp3) is 0. The zero-order valence-corrected chi connectivity index (χ0v) is 13.7. The highest BCUT2D eigenvalue weighted by atomic mass is 127. The molecule has 1 heterocycles. The van der Waals surface area contributed by atoms with Crippen LogP contribution >= 0.6 is 30.3 Å². The second-order valence-electron chi connectivity index (χ2n) is 4.37. The number of rotatable bonds is 4. The summed E-state index contributed by atoms with van der Waals surface area (Å²) in [6, 6.07) is 14.3. The van der Waals surface area contributed by atoms with Gasteiger partial charge >= 0.3 is 5.97 Å². The van der Waals surface area contributed by atoms with E-state index in [4.69, 9.17) is 9.84 Å². The molecule has 4 nitrogen and oxygen atoms in total. The maximum absolute atomic E-state index is 11.0. The average molecular weight is 411 g/mol. The lowest BCUT2D eigenvalue weighted by atomic mass is 10.2. The molecule has 0 saturated carbocycles. The van der Waals surface area contributed by atoms with E-state index in [0.717, 1.165) is 10.9 Å². The van der Waals surface area contributed by atoms with Crippen molar-refractivity contribution in [2.45, 2.75) is 0 Å². The van der Waals surface area contributed by atoms with Gasteiger partial charge in [0.2, 0.25) is 0 Å². The van der Waals surface area contributed by atoms with Crippen molar-refractivity contribution in [3.8, 4) is 11.5 Å². The van der Waals surface area contributed by atoms with Gasteiger partial charge in [-0.1, -0.05) is 6.07 Å². The van der Waals surface area contributed by atoms with Crippen molar-refractivity contribution in [2.75, 3.05) is 0 Å². The van der Waals surface area contributed by atoms with Crippen LogP contribution in [0.2, 0.25) is 0 Å². The first kappa shape index (κ1) is 14.3. The van der Waals surface area contributed by atoms with E-state index >= 15 is 0 Å². The van der Waals surface area contributed by atoms with E-state index in [1.807, 2.05) is 30.5 Å². The average Bonchev–Trinajstić information content (AvgIpc) is 2.89. The van der Waals surface area contributed by atoms with E-state index < -0.39 is 5.97 Å². The van der Waals surface area contributed by atoms with Gasteiger partial charge in [0.1, 0.15) is 11.5 Å². The van der Waals surface area contributed by atoms with Crippen molar-refractivity contribution >= 4 is 47.2 Å². The summed E-state index contributed by atoms with van der Waals surface area (Å²) in [4.78, 5) is 11.0. The van der Waals surface area contributed by atoms with Gasteiger partial charge in [0, 0.05) is 41.9 Å². The molecule has 0 atom stereocenters. The topological polar surface area (TPSA) is 51.5 Å². The summed E-state index contributed by atoms with van der Waals surface area (Å²) >= 11 is 2.23. The molecule has 0 unspecified atom stereocenters. The number of aromatic nitrogens is 1. The molecule has 1 N–H and O–H groups in total. The number of carboxylic acid groups (broad SMARTS) is 1. The maximum Gasteiger partial charge on any atom is 0.335 e. The van der Waals surface area contributed by atoms with Crippen molar-refractivity contribution in [3.05, 3.63) is 60.3 Å². The van der Waals surface area contributed by atoms with Crippen molar-refractivity contribution in [1.29, 1.82) is 0 Å². The lowest BCUT2D eigenvalue weighted by Gasteiger charge is -2.07. The molecule has 0 amide bonds. The summed E-state index contributed by atoms with van der Waals surface area (Å²) in [5.74, 6) is 0.227. The monoisotopic (exact) mass is 411 g/mol. The number of fused-ring (bicyclic) bond motifs is 1. The van der Waals surface area contributed by atoms with Crippen LogP contribution in [0.5, 0.6) is 11.5 Å². The third-order valence-corrected chi connectivity index (χ3v) is 4.76. The maximum atomic E-state index is 11.0. The Kier molecular flexibility index (Phi) is 4.07. The predicted molar refractivity (Wildman–Crippen MR) is 92.4 cm³/mol. The normalized spacial score (nSPS) is 10.7. The van der Waals surface area contributed by atoms with Crippen molar-refractivity contribution < 1.29 is 14.6 Å². The highest BCUT2D eigenvalue weighted by molar-refractivity contribution is 14.2. The predicted octanol–water partition coefficient (Wildman–Crippen LogP) is 4.98. The molecule has 3 rings (SSSR count). The van der Waals surface area contributed by atoms with Crippen LogP contribution in [0.25, 0.3) is 10.9 Å². The minimum Gasteiger partial charge on any atom is -0.478 e. The third-order valence-electron chi connectivity index (χ3n) is 3.02. The number of carboxylic acids is 1. The van der Waals surface area contributed by atoms with Gasteiger partial charge in [0.25, 0.3) is 0 Å². The molecule has 0 aliphatic rings. The van der Waals surface area contributed by atoms with Crippen LogP contribution in [0, 0.1) is 0 Å². The van der Waals surface area contributed by atoms with Gasteiger partial charge in [-0.3, -0.25) is 3.97 Å². The molecule has 106 valence electrons. The minimum atomic E-state index is -0.966. The first-order chi connectivity index (χ1) is 10.2. The van der Waals surface area contributed by atoms with E-state index in [-0.39, 0.29) is 5.56 Å². The lowest BCUT2D eigenvalue weighted by Crippen LogP contribution is -1.96. The summed E-state index contributed by atoms with van der Waals surface area (Å²) in [5.41, 5.74) is 1.32. The summed E-state index contributed by atoms with van der Waals surface area (Å²) in [6.45, 7) is 0. The summed E-state index contributed by atoms with van der Waals surface area (Å²) in [7, 11) is 1.60. The van der Waals surface area contributed by atoms with Crippen LogP contribution in [0.3, 0.4) is 0 Å². The minimum absolute atomic E-state index is 0.209. The van der Waals surface area contributed by atoms with Crippen molar-refractivity contribution in [1.82, 2.24) is 3.97 Å². The molecule has 0 aliphatic carbocycles. The van der Waals surface area contributed by atoms with Crippen LogP contribution in [0.1, 0.15) is 10.4 Å². The van der Waals surface area contributed by atoms with Crippen LogP contribution in [-0.4, -0.2) is 15.0 Å². The molecule has 1 aromatic heterocycles. The summed E-state index contributed by atoms with van der Waals surface area (Å²) in [6.07, 6.45) is 2.00. The van der Waals surface area contributed by atoms with Gasteiger partial charge in [0.05, 0.1) is 11.1 Å². The number of benzene rings is 2. The molecule has 0 saturated heterocycles. The van der Waals surface area contributed by atoms with Gasteiger partial charge < -0.3 is 9.84 Å². The fourth-order valence-corrected chi connectivity index (χ4v) is 3.43. The second-order valence-corrected chi connectivity index (χ2v) is 6.08. The van der Waals surface area contributed by atoms with Crippen molar-refractivity contribution in [3.63, 3.8) is 0 Å². The largest absolute Gasteiger partial charge is 0.478 e. The highest BCUT2D eigenvalue weighted by Gasteiger charge is 2.06. The van der Waals surface area contributed by atoms with E-state index in [9.17, 15) is 4.79 Å². The Morgan fingerprint density at radius 2 is 1.95 bits per heavy atom. The number of ether oxygens (including phenoxy) is 1. The van der Waals surface area contributed by atoms with E-state index in [0.29, 0.717) is 11.5 Å². The first-order valence-electron chi connectivity index (χ1n) is 6.09. The molecule has 0 aliphatic heterocycles. The molecular weight excluding hydrogens is 401 g/mol.